The monoisotopic (exact) mass is 456 g/mol. The number of hydrogen-bond donors (Lipinski definition) is 0. The second-order valence-electron chi connectivity index (χ2n) is 7.51. The second-order valence-corrected chi connectivity index (χ2v) is 7.51. The number of benzene rings is 3. The van der Waals surface area contributed by atoms with Crippen LogP contribution in [0.5, 0.6) is 17.2 Å². The number of ketones is 1. The highest BCUT2D eigenvalue weighted by Gasteiger charge is 2.21. The molecule has 0 saturated heterocycles. The highest BCUT2D eigenvalue weighted by molar-refractivity contribution is 6.07. The molecule has 34 heavy (non-hydrogen) atoms. The quantitative estimate of drug-likeness (QED) is 0.135. The molecular weight excluding hydrogens is 432 g/mol. The molecule has 4 aromatic rings. The van der Waals surface area contributed by atoms with Gasteiger partial charge < -0.3 is 18.6 Å². The average molecular weight is 456 g/mol. The van der Waals surface area contributed by atoms with Crippen LogP contribution in [0.15, 0.2) is 77.2 Å². The summed E-state index contributed by atoms with van der Waals surface area (Å²) in [6.45, 7) is 4.14. The van der Waals surface area contributed by atoms with Gasteiger partial charge in [-0.05, 0) is 80.1 Å². The molecular formula is C28H24O6. The average Bonchev–Trinajstić information content (AvgIpc) is 3.18. The van der Waals surface area contributed by atoms with Crippen LogP contribution < -0.4 is 14.2 Å². The van der Waals surface area contributed by atoms with Gasteiger partial charge in [-0.2, -0.15) is 0 Å². The van der Waals surface area contributed by atoms with Gasteiger partial charge in [0.15, 0.2) is 5.78 Å². The summed E-state index contributed by atoms with van der Waals surface area (Å²) in [4.78, 5) is 25.4. The van der Waals surface area contributed by atoms with Crippen molar-refractivity contribution in [2.24, 2.45) is 0 Å². The fourth-order valence-corrected chi connectivity index (χ4v) is 3.57. The van der Waals surface area contributed by atoms with Crippen molar-refractivity contribution in [3.8, 4) is 17.2 Å². The zero-order valence-electron chi connectivity index (χ0n) is 19.2. The lowest BCUT2D eigenvalue weighted by molar-refractivity contribution is 0.0734. The second kappa shape index (κ2) is 10.1. The van der Waals surface area contributed by atoms with Gasteiger partial charge in [-0.15, -0.1) is 0 Å². The molecule has 0 unspecified atom stereocenters. The number of rotatable bonds is 8. The summed E-state index contributed by atoms with van der Waals surface area (Å²) in [6.07, 6.45) is 3.16. The lowest BCUT2D eigenvalue weighted by atomic mass is 10.1. The van der Waals surface area contributed by atoms with E-state index in [1.807, 2.05) is 13.0 Å². The smallest absolute Gasteiger partial charge is 0.347 e. The third-order valence-corrected chi connectivity index (χ3v) is 5.22. The fraction of sp³-hybridized carbons (Fsp3) is 0.143. The molecule has 0 spiro atoms. The van der Waals surface area contributed by atoms with Crippen LogP contribution in [0.3, 0.4) is 0 Å². The molecule has 4 rings (SSSR count). The summed E-state index contributed by atoms with van der Waals surface area (Å²) in [5.74, 6) is 1.49. The third-order valence-electron chi connectivity index (χ3n) is 5.22. The SMILES string of the molecule is CCOc1ccc2oc(C)c(C(=O)Oc3cccc(C=CC(=O)c4ccc(OC)cc4)c3)c2c1. The summed E-state index contributed by atoms with van der Waals surface area (Å²) in [5, 5.41) is 0.634. The normalized spacial score (nSPS) is 11.0. The summed E-state index contributed by atoms with van der Waals surface area (Å²) < 4.78 is 22.0. The molecule has 6 nitrogen and oxygen atoms in total. The van der Waals surface area contributed by atoms with E-state index in [-0.39, 0.29) is 5.78 Å². The van der Waals surface area contributed by atoms with Crippen molar-refractivity contribution >= 4 is 28.8 Å². The number of fused-ring (bicyclic) bond motifs is 1. The number of carbonyl (C=O) groups excluding carboxylic acids is 2. The Bertz CT molecular complexity index is 1360. The molecule has 0 amide bonds. The summed E-state index contributed by atoms with van der Waals surface area (Å²) in [7, 11) is 1.57. The first-order chi connectivity index (χ1) is 16.5. The highest BCUT2D eigenvalue weighted by atomic mass is 16.5. The Kier molecular flexibility index (Phi) is 6.78. The van der Waals surface area contributed by atoms with Crippen molar-refractivity contribution in [1.82, 2.24) is 0 Å². The van der Waals surface area contributed by atoms with E-state index >= 15 is 0 Å². The van der Waals surface area contributed by atoms with Gasteiger partial charge in [-0.25, -0.2) is 4.79 Å². The van der Waals surface area contributed by atoms with Crippen LogP contribution in [-0.4, -0.2) is 25.5 Å². The minimum Gasteiger partial charge on any atom is -0.497 e. The summed E-state index contributed by atoms with van der Waals surface area (Å²) in [6, 6.07) is 19.2. The molecule has 1 heterocycles. The standard InChI is InChI=1S/C28H24O6/c1-4-32-22-13-15-26-24(17-22)27(18(2)33-26)28(30)34-23-7-5-6-19(16-23)8-14-25(29)20-9-11-21(31-3)12-10-20/h5-17H,4H2,1-3H3. The molecule has 0 bridgehead atoms. The number of carbonyl (C=O) groups is 2. The van der Waals surface area contributed by atoms with Crippen LogP contribution in [0.25, 0.3) is 17.0 Å². The molecule has 0 aliphatic carbocycles. The van der Waals surface area contributed by atoms with Gasteiger partial charge in [0.05, 0.1) is 13.7 Å². The number of esters is 1. The molecule has 0 fully saturated rings. The van der Waals surface area contributed by atoms with Crippen molar-refractivity contribution in [3.63, 3.8) is 0 Å². The molecule has 0 radical (unpaired) electrons. The Morgan fingerprint density at radius 1 is 0.941 bits per heavy atom. The molecule has 1 aromatic heterocycles. The Morgan fingerprint density at radius 3 is 2.44 bits per heavy atom. The first-order valence-electron chi connectivity index (χ1n) is 10.8. The van der Waals surface area contributed by atoms with Gasteiger partial charge >= 0.3 is 5.97 Å². The maximum Gasteiger partial charge on any atom is 0.347 e. The van der Waals surface area contributed by atoms with Gasteiger partial charge in [0.2, 0.25) is 0 Å². The van der Waals surface area contributed by atoms with Crippen LogP contribution >= 0.6 is 0 Å². The van der Waals surface area contributed by atoms with E-state index in [0.29, 0.717) is 51.7 Å². The number of allylic oxidation sites excluding steroid dienone is 1. The van der Waals surface area contributed by atoms with E-state index in [9.17, 15) is 9.59 Å². The third kappa shape index (κ3) is 5.02. The molecule has 0 atom stereocenters. The molecule has 172 valence electrons. The molecule has 0 aliphatic rings. The number of ether oxygens (including phenoxy) is 3. The number of methoxy groups -OCH3 is 1. The maximum atomic E-state index is 13.0. The number of furan rings is 1. The van der Waals surface area contributed by atoms with Gasteiger partial charge in [0, 0.05) is 10.9 Å². The minimum absolute atomic E-state index is 0.143. The molecule has 0 N–H and O–H groups in total. The lowest BCUT2D eigenvalue weighted by Gasteiger charge is -2.06. The van der Waals surface area contributed by atoms with Crippen molar-refractivity contribution in [3.05, 3.63) is 95.3 Å². The van der Waals surface area contributed by atoms with E-state index in [2.05, 4.69) is 0 Å². The van der Waals surface area contributed by atoms with Crippen molar-refractivity contribution in [2.75, 3.05) is 13.7 Å². The van der Waals surface area contributed by atoms with Crippen molar-refractivity contribution in [2.45, 2.75) is 13.8 Å². The van der Waals surface area contributed by atoms with E-state index in [4.69, 9.17) is 18.6 Å². The van der Waals surface area contributed by atoms with E-state index in [0.717, 1.165) is 5.56 Å². The highest BCUT2D eigenvalue weighted by Crippen LogP contribution is 2.30. The topological polar surface area (TPSA) is 75.0 Å². The predicted octanol–water partition coefficient (Wildman–Crippen LogP) is 6.26. The van der Waals surface area contributed by atoms with Crippen LogP contribution in [0.2, 0.25) is 0 Å². The van der Waals surface area contributed by atoms with E-state index in [1.165, 1.54) is 6.08 Å². The molecule has 0 aliphatic heterocycles. The first kappa shape index (κ1) is 22.9. The molecule has 6 heteroatoms. The molecule has 3 aromatic carbocycles. The van der Waals surface area contributed by atoms with Crippen LogP contribution in [0, 0.1) is 6.92 Å². The minimum atomic E-state index is -0.527. The summed E-state index contributed by atoms with van der Waals surface area (Å²) >= 11 is 0. The Balaban J connectivity index is 1.51. The van der Waals surface area contributed by atoms with E-state index < -0.39 is 5.97 Å². The van der Waals surface area contributed by atoms with Crippen LogP contribution in [0.4, 0.5) is 0 Å². The maximum absolute atomic E-state index is 13.0. The first-order valence-corrected chi connectivity index (χ1v) is 10.8. The van der Waals surface area contributed by atoms with E-state index in [1.54, 1.807) is 80.8 Å². The zero-order valence-corrected chi connectivity index (χ0v) is 19.2. The summed E-state index contributed by atoms with van der Waals surface area (Å²) in [5.41, 5.74) is 2.21. The molecule has 0 saturated carbocycles. The van der Waals surface area contributed by atoms with Crippen LogP contribution in [0.1, 0.15) is 39.0 Å². The fourth-order valence-electron chi connectivity index (χ4n) is 3.57. The van der Waals surface area contributed by atoms with Crippen molar-refractivity contribution in [1.29, 1.82) is 0 Å². The van der Waals surface area contributed by atoms with Gasteiger partial charge in [0.25, 0.3) is 0 Å². The Morgan fingerprint density at radius 2 is 1.71 bits per heavy atom. The Labute approximate surface area is 197 Å². The predicted molar refractivity (Wildman–Crippen MR) is 130 cm³/mol. The van der Waals surface area contributed by atoms with Crippen molar-refractivity contribution < 1.29 is 28.2 Å². The van der Waals surface area contributed by atoms with Gasteiger partial charge in [0.1, 0.15) is 34.2 Å². The lowest BCUT2D eigenvalue weighted by Crippen LogP contribution is -2.09. The van der Waals surface area contributed by atoms with Crippen LogP contribution in [-0.2, 0) is 0 Å². The largest absolute Gasteiger partial charge is 0.497 e. The number of hydrogen-bond acceptors (Lipinski definition) is 6. The number of aryl methyl sites for hydroxylation is 1. The van der Waals surface area contributed by atoms with Gasteiger partial charge in [-0.3, -0.25) is 4.79 Å². The van der Waals surface area contributed by atoms with Gasteiger partial charge in [-0.1, -0.05) is 18.2 Å². The Hall–Kier alpha value is -4.32. The zero-order chi connectivity index (χ0) is 24.1.